The Bertz CT molecular complexity index is 177. The van der Waals surface area contributed by atoms with Crippen LogP contribution in [0.4, 0.5) is 13.2 Å². The van der Waals surface area contributed by atoms with Crippen molar-refractivity contribution in [1.29, 1.82) is 0 Å². The van der Waals surface area contributed by atoms with Gasteiger partial charge in [0.15, 0.2) is 0 Å². The number of nitrogens with zero attached hydrogens (tertiary/aromatic N) is 1. The minimum atomic E-state index is -4.74. The largest absolute Gasteiger partial charge is 0.471 e. The van der Waals surface area contributed by atoms with Gasteiger partial charge in [0.1, 0.15) is 0 Å². The van der Waals surface area contributed by atoms with Crippen molar-refractivity contribution in [1.82, 2.24) is 4.90 Å². The molecule has 0 aliphatic carbocycles. The van der Waals surface area contributed by atoms with Crippen LogP contribution in [0.2, 0.25) is 0 Å². The Balaban J connectivity index is 3.98. The predicted molar refractivity (Wildman–Crippen MR) is 43.1 cm³/mol. The van der Waals surface area contributed by atoms with E-state index in [2.05, 4.69) is 0 Å². The normalized spacial score (nSPS) is 11.9. The monoisotopic (exact) mass is 197 g/mol. The van der Waals surface area contributed by atoms with Gasteiger partial charge in [0.25, 0.3) is 0 Å². The van der Waals surface area contributed by atoms with Crippen molar-refractivity contribution >= 4 is 5.91 Å². The average molecular weight is 197 g/mol. The van der Waals surface area contributed by atoms with E-state index in [4.69, 9.17) is 0 Å². The van der Waals surface area contributed by atoms with Crippen molar-refractivity contribution in [3.8, 4) is 0 Å². The number of carbonyl (C=O) groups excluding carboxylic acids is 1. The SMILES string of the molecule is CC(C)CCN(C)C(=O)C(F)(F)F. The van der Waals surface area contributed by atoms with E-state index in [0.717, 1.165) is 7.05 Å². The van der Waals surface area contributed by atoms with Crippen molar-refractivity contribution in [3.63, 3.8) is 0 Å². The van der Waals surface area contributed by atoms with Gasteiger partial charge in [-0.2, -0.15) is 13.2 Å². The van der Waals surface area contributed by atoms with Crippen molar-refractivity contribution < 1.29 is 18.0 Å². The first-order chi connectivity index (χ1) is 5.75. The summed E-state index contributed by atoms with van der Waals surface area (Å²) in [6.45, 7) is 3.94. The number of carbonyl (C=O) groups is 1. The fourth-order valence-corrected chi connectivity index (χ4v) is 0.770. The van der Waals surface area contributed by atoms with E-state index in [-0.39, 0.29) is 6.54 Å². The van der Waals surface area contributed by atoms with Crippen LogP contribution in [0, 0.1) is 5.92 Å². The van der Waals surface area contributed by atoms with E-state index in [1.807, 2.05) is 13.8 Å². The zero-order valence-electron chi connectivity index (χ0n) is 7.98. The lowest BCUT2D eigenvalue weighted by atomic mass is 10.1. The first-order valence-corrected chi connectivity index (χ1v) is 4.07. The van der Waals surface area contributed by atoms with Gasteiger partial charge in [0, 0.05) is 13.6 Å². The third-order valence-corrected chi connectivity index (χ3v) is 1.63. The standard InChI is InChI=1S/C8H14F3NO/c1-6(2)4-5-12(3)7(13)8(9,10)11/h6H,4-5H2,1-3H3. The van der Waals surface area contributed by atoms with Crippen LogP contribution in [0.5, 0.6) is 0 Å². The number of alkyl halides is 3. The lowest BCUT2D eigenvalue weighted by Crippen LogP contribution is -2.39. The molecule has 5 heteroatoms. The van der Waals surface area contributed by atoms with Crippen LogP contribution < -0.4 is 0 Å². The van der Waals surface area contributed by atoms with Crippen molar-refractivity contribution in [3.05, 3.63) is 0 Å². The van der Waals surface area contributed by atoms with E-state index in [9.17, 15) is 18.0 Å². The summed E-state index contributed by atoms with van der Waals surface area (Å²) in [5.41, 5.74) is 0. The maximum absolute atomic E-state index is 11.8. The maximum atomic E-state index is 11.8. The molecule has 0 saturated heterocycles. The molecule has 0 N–H and O–H groups in total. The summed E-state index contributed by atoms with van der Waals surface area (Å²) in [5.74, 6) is -1.48. The molecule has 0 saturated carbocycles. The Morgan fingerprint density at radius 2 is 1.85 bits per heavy atom. The Morgan fingerprint density at radius 1 is 1.38 bits per heavy atom. The molecule has 0 radical (unpaired) electrons. The average Bonchev–Trinajstić information content (AvgIpc) is 1.96. The number of rotatable bonds is 3. The van der Waals surface area contributed by atoms with Gasteiger partial charge in [0.2, 0.25) is 0 Å². The summed E-state index contributed by atoms with van der Waals surface area (Å²) in [5, 5.41) is 0. The molecule has 13 heavy (non-hydrogen) atoms. The van der Waals surface area contributed by atoms with Crippen molar-refractivity contribution in [2.24, 2.45) is 5.92 Å². The molecule has 0 unspecified atom stereocenters. The van der Waals surface area contributed by atoms with E-state index in [0.29, 0.717) is 17.2 Å². The smallest absolute Gasteiger partial charge is 0.338 e. The predicted octanol–water partition coefficient (Wildman–Crippen LogP) is 2.05. The number of halogens is 3. The number of hydrogen-bond acceptors (Lipinski definition) is 1. The zero-order valence-corrected chi connectivity index (χ0v) is 7.98. The third-order valence-electron chi connectivity index (χ3n) is 1.63. The van der Waals surface area contributed by atoms with Gasteiger partial charge in [-0.1, -0.05) is 13.8 Å². The summed E-state index contributed by atoms with van der Waals surface area (Å²) in [6, 6.07) is 0. The maximum Gasteiger partial charge on any atom is 0.471 e. The molecule has 1 amide bonds. The Hall–Kier alpha value is -0.740. The Labute approximate surface area is 75.7 Å². The van der Waals surface area contributed by atoms with Crippen LogP contribution in [-0.4, -0.2) is 30.6 Å². The number of hydrogen-bond donors (Lipinski definition) is 0. The van der Waals surface area contributed by atoms with Gasteiger partial charge in [-0.05, 0) is 12.3 Å². The lowest BCUT2D eigenvalue weighted by molar-refractivity contribution is -0.184. The van der Waals surface area contributed by atoms with E-state index < -0.39 is 12.1 Å². The Morgan fingerprint density at radius 3 is 2.15 bits per heavy atom. The first-order valence-electron chi connectivity index (χ1n) is 4.07. The van der Waals surface area contributed by atoms with E-state index >= 15 is 0 Å². The first kappa shape index (κ1) is 12.3. The second-order valence-electron chi connectivity index (χ2n) is 3.41. The zero-order chi connectivity index (χ0) is 10.6. The highest BCUT2D eigenvalue weighted by atomic mass is 19.4. The van der Waals surface area contributed by atoms with E-state index in [1.165, 1.54) is 0 Å². The van der Waals surface area contributed by atoms with Crippen molar-refractivity contribution in [2.45, 2.75) is 26.4 Å². The summed E-state index contributed by atoms with van der Waals surface area (Å²) >= 11 is 0. The topological polar surface area (TPSA) is 20.3 Å². The fraction of sp³-hybridized carbons (Fsp3) is 0.875. The molecular weight excluding hydrogens is 183 g/mol. The number of amides is 1. The second-order valence-corrected chi connectivity index (χ2v) is 3.41. The van der Waals surface area contributed by atoms with Crippen LogP contribution in [-0.2, 0) is 4.79 Å². The van der Waals surface area contributed by atoms with Gasteiger partial charge in [-0.3, -0.25) is 4.79 Å². The van der Waals surface area contributed by atoms with Crippen molar-refractivity contribution in [2.75, 3.05) is 13.6 Å². The minimum absolute atomic E-state index is 0.149. The summed E-state index contributed by atoms with van der Waals surface area (Å²) < 4.78 is 35.5. The second kappa shape index (κ2) is 4.48. The molecule has 0 aromatic rings. The molecule has 0 fully saturated rings. The molecule has 0 atom stereocenters. The molecule has 2 nitrogen and oxygen atoms in total. The highest BCUT2D eigenvalue weighted by Crippen LogP contribution is 2.17. The van der Waals surface area contributed by atoms with E-state index in [1.54, 1.807) is 0 Å². The van der Waals surface area contributed by atoms with Crippen LogP contribution in [0.15, 0.2) is 0 Å². The van der Waals surface area contributed by atoms with Crippen LogP contribution in [0.3, 0.4) is 0 Å². The molecule has 0 aliphatic rings. The van der Waals surface area contributed by atoms with Crippen LogP contribution in [0.1, 0.15) is 20.3 Å². The minimum Gasteiger partial charge on any atom is -0.338 e. The lowest BCUT2D eigenvalue weighted by Gasteiger charge is -2.19. The highest BCUT2D eigenvalue weighted by molar-refractivity contribution is 5.81. The van der Waals surface area contributed by atoms with Gasteiger partial charge < -0.3 is 4.90 Å². The quantitative estimate of drug-likeness (QED) is 0.678. The van der Waals surface area contributed by atoms with Gasteiger partial charge in [0.05, 0.1) is 0 Å². The van der Waals surface area contributed by atoms with Crippen LogP contribution >= 0.6 is 0 Å². The molecule has 0 bridgehead atoms. The third kappa shape index (κ3) is 4.75. The molecule has 0 aliphatic heterocycles. The summed E-state index contributed by atoms with van der Waals surface area (Å²) in [7, 11) is 1.16. The summed E-state index contributed by atoms with van der Waals surface area (Å²) in [4.78, 5) is 11.3. The molecule has 78 valence electrons. The van der Waals surface area contributed by atoms with Gasteiger partial charge in [-0.15, -0.1) is 0 Å². The molecule has 0 aromatic heterocycles. The van der Waals surface area contributed by atoms with Gasteiger partial charge >= 0.3 is 12.1 Å². The van der Waals surface area contributed by atoms with Crippen LogP contribution in [0.25, 0.3) is 0 Å². The summed E-state index contributed by atoms with van der Waals surface area (Å²) in [6.07, 6.45) is -4.16. The van der Waals surface area contributed by atoms with Gasteiger partial charge in [-0.25, -0.2) is 0 Å². The fourth-order valence-electron chi connectivity index (χ4n) is 0.770. The molecular formula is C8H14F3NO. The molecule has 0 rings (SSSR count). The highest BCUT2D eigenvalue weighted by Gasteiger charge is 2.40. The molecule has 0 aromatic carbocycles. The molecule has 0 spiro atoms. The molecule has 0 heterocycles. The Kier molecular flexibility index (Phi) is 4.23.